The van der Waals surface area contributed by atoms with Gasteiger partial charge in [0.05, 0.1) is 36.1 Å². The number of likely N-dealkylation sites (N-methyl/N-ethyl adjacent to an activating group) is 1. The molecule has 0 aromatic heterocycles. The van der Waals surface area contributed by atoms with Crippen LogP contribution < -0.4 is 19.1 Å². The van der Waals surface area contributed by atoms with E-state index in [-0.39, 0.29) is 21.9 Å². The number of nitrogens with one attached hydrogen (secondary N) is 1. The number of rotatable bonds is 7. The summed E-state index contributed by atoms with van der Waals surface area (Å²) in [6.45, 7) is 3.05. The van der Waals surface area contributed by atoms with E-state index in [9.17, 15) is 18.3 Å². The van der Waals surface area contributed by atoms with Crippen molar-refractivity contribution in [2.45, 2.75) is 4.90 Å². The van der Waals surface area contributed by atoms with E-state index in [1.165, 1.54) is 44.6 Å². The Morgan fingerprint density at radius 2 is 1.67 bits per heavy atom. The maximum absolute atomic E-state index is 13.1. The summed E-state index contributed by atoms with van der Waals surface area (Å²) in [5.74, 6) is -0.451. The second-order valence-electron chi connectivity index (χ2n) is 6.95. The van der Waals surface area contributed by atoms with Crippen LogP contribution in [0.1, 0.15) is 10.4 Å². The van der Waals surface area contributed by atoms with Gasteiger partial charge in [-0.3, -0.25) is 4.72 Å². The SMILES string of the molecule is COc1ccc(S(=O)(=O)Nc2cc(C(=O)O)ccc2N2CCN(C)CC2)cc1OC. The lowest BCUT2D eigenvalue weighted by Gasteiger charge is -2.35. The number of methoxy groups -OCH3 is 2. The highest BCUT2D eigenvalue weighted by molar-refractivity contribution is 7.92. The third kappa shape index (κ3) is 4.60. The molecule has 0 bridgehead atoms. The van der Waals surface area contributed by atoms with Crippen LogP contribution in [0.5, 0.6) is 11.5 Å². The van der Waals surface area contributed by atoms with Crippen LogP contribution in [-0.4, -0.2) is 71.8 Å². The average molecular weight is 436 g/mol. The van der Waals surface area contributed by atoms with Crippen molar-refractivity contribution in [2.24, 2.45) is 0 Å². The van der Waals surface area contributed by atoms with Gasteiger partial charge in [0.25, 0.3) is 10.0 Å². The Balaban J connectivity index is 1.99. The fourth-order valence-electron chi connectivity index (χ4n) is 3.26. The number of hydrogen-bond donors (Lipinski definition) is 2. The number of piperazine rings is 1. The first-order chi connectivity index (χ1) is 14.2. The zero-order valence-electron chi connectivity index (χ0n) is 17.1. The standard InChI is InChI=1S/C20H25N3O6S/c1-22-8-10-23(11-9-22)17-6-4-14(20(24)25)12-16(17)21-30(26,27)15-5-7-18(28-2)19(13-15)29-3/h4-7,12-13,21H,8-11H2,1-3H3,(H,24,25). The summed E-state index contributed by atoms with van der Waals surface area (Å²) in [5.41, 5.74) is 0.851. The second-order valence-corrected chi connectivity index (χ2v) is 8.63. The topological polar surface area (TPSA) is 108 Å². The number of hydrogen-bond acceptors (Lipinski definition) is 7. The number of anilines is 2. The molecule has 1 aliphatic rings. The Bertz CT molecular complexity index is 1030. The Kier molecular flexibility index (Phi) is 6.37. The molecule has 2 aromatic carbocycles. The number of carboxylic acids is 1. The Hall–Kier alpha value is -2.98. The first kappa shape index (κ1) is 21.7. The van der Waals surface area contributed by atoms with Crippen molar-refractivity contribution in [1.29, 1.82) is 0 Å². The fraction of sp³-hybridized carbons (Fsp3) is 0.350. The van der Waals surface area contributed by atoms with Gasteiger partial charge >= 0.3 is 5.97 Å². The molecule has 1 aliphatic heterocycles. The van der Waals surface area contributed by atoms with E-state index in [0.29, 0.717) is 24.5 Å². The van der Waals surface area contributed by atoms with Gasteiger partial charge in [-0.05, 0) is 37.4 Å². The molecule has 0 aliphatic carbocycles. The number of ether oxygens (including phenoxy) is 2. The largest absolute Gasteiger partial charge is 0.493 e. The highest BCUT2D eigenvalue weighted by Gasteiger charge is 2.23. The summed E-state index contributed by atoms with van der Waals surface area (Å²) in [6, 6.07) is 8.72. The first-order valence-electron chi connectivity index (χ1n) is 9.31. The number of sulfonamides is 1. The smallest absolute Gasteiger partial charge is 0.335 e. The monoisotopic (exact) mass is 435 g/mol. The van der Waals surface area contributed by atoms with E-state index < -0.39 is 16.0 Å². The molecule has 0 radical (unpaired) electrons. The van der Waals surface area contributed by atoms with Crippen LogP contribution in [0.3, 0.4) is 0 Å². The third-order valence-corrected chi connectivity index (χ3v) is 6.36. The van der Waals surface area contributed by atoms with Gasteiger partial charge in [0, 0.05) is 32.2 Å². The van der Waals surface area contributed by atoms with Crippen LogP contribution in [0.15, 0.2) is 41.3 Å². The molecule has 0 spiro atoms. The van der Waals surface area contributed by atoms with Gasteiger partial charge in [-0.25, -0.2) is 13.2 Å². The van der Waals surface area contributed by atoms with E-state index in [1.807, 2.05) is 11.9 Å². The van der Waals surface area contributed by atoms with Crippen molar-refractivity contribution in [2.75, 3.05) is 57.1 Å². The van der Waals surface area contributed by atoms with Gasteiger partial charge in [-0.15, -0.1) is 0 Å². The summed E-state index contributed by atoms with van der Waals surface area (Å²) in [6.07, 6.45) is 0. The zero-order chi connectivity index (χ0) is 21.9. The van der Waals surface area contributed by atoms with Crippen LogP contribution in [-0.2, 0) is 10.0 Å². The van der Waals surface area contributed by atoms with E-state index in [2.05, 4.69) is 9.62 Å². The quantitative estimate of drug-likeness (QED) is 0.679. The average Bonchev–Trinajstić information content (AvgIpc) is 2.73. The lowest BCUT2D eigenvalue weighted by Crippen LogP contribution is -2.44. The van der Waals surface area contributed by atoms with Gasteiger partial charge in [0.2, 0.25) is 0 Å². The van der Waals surface area contributed by atoms with E-state index in [0.717, 1.165) is 13.1 Å². The molecule has 0 amide bonds. The van der Waals surface area contributed by atoms with Crippen molar-refractivity contribution in [3.05, 3.63) is 42.0 Å². The fourth-order valence-corrected chi connectivity index (χ4v) is 4.34. The molecule has 1 fully saturated rings. The van der Waals surface area contributed by atoms with Crippen molar-refractivity contribution < 1.29 is 27.8 Å². The predicted octanol–water partition coefficient (Wildman–Crippen LogP) is 1.95. The second kappa shape index (κ2) is 8.80. The molecule has 9 nitrogen and oxygen atoms in total. The van der Waals surface area contributed by atoms with Crippen LogP contribution in [0.25, 0.3) is 0 Å². The molecular weight excluding hydrogens is 410 g/mol. The lowest BCUT2D eigenvalue weighted by atomic mass is 10.1. The molecule has 0 atom stereocenters. The van der Waals surface area contributed by atoms with Gasteiger partial charge in [0.1, 0.15) is 0 Å². The molecular formula is C20H25N3O6S. The predicted molar refractivity (Wildman–Crippen MR) is 113 cm³/mol. The summed E-state index contributed by atoms with van der Waals surface area (Å²) >= 11 is 0. The summed E-state index contributed by atoms with van der Waals surface area (Å²) in [7, 11) is 0.901. The molecule has 3 rings (SSSR count). The summed E-state index contributed by atoms with van der Waals surface area (Å²) < 4.78 is 39.0. The van der Waals surface area contributed by atoms with Gasteiger partial charge < -0.3 is 24.4 Å². The van der Waals surface area contributed by atoms with Crippen LogP contribution in [0.4, 0.5) is 11.4 Å². The molecule has 2 N–H and O–H groups in total. The molecule has 1 saturated heterocycles. The minimum Gasteiger partial charge on any atom is -0.493 e. The molecule has 2 aromatic rings. The van der Waals surface area contributed by atoms with Crippen molar-refractivity contribution in [1.82, 2.24) is 4.90 Å². The minimum absolute atomic E-state index is 0.00195. The van der Waals surface area contributed by atoms with Crippen LogP contribution in [0.2, 0.25) is 0 Å². The third-order valence-electron chi connectivity index (χ3n) is 5.00. The Morgan fingerprint density at radius 3 is 2.27 bits per heavy atom. The highest BCUT2D eigenvalue weighted by Crippen LogP contribution is 2.33. The molecule has 30 heavy (non-hydrogen) atoms. The van der Waals surface area contributed by atoms with Gasteiger partial charge in [0.15, 0.2) is 11.5 Å². The number of aromatic carboxylic acids is 1. The van der Waals surface area contributed by atoms with E-state index in [1.54, 1.807) is 6.07 Å². The molecule has 162 valence electrons. The van der Waals surface area contributed by atoms with Gasteiger partial charge in [-0.1, -0.05) is 0 Å². The Morgan fingerprint density at radius 1 is 1.00 bits per heavy atom. The van der Waals surface area contributed by atoms with Crippen molar-refractivity contribution in [3.63, 3.8) is 0 Å². The van der Waals surface area contributed by atoms with Crippen LogP contribution in [0, 0.1) is 0 Å². The summed E-state index contributed by atoms with van der Waals surface area (Å²) in [4.78, 5) is 15.6. The Labute approximate surface area is 175 Å². The molecule has 0 unspecified atom stereocenters. The molecule has 1 heterocycles. The molecule has 0 saturated carbocycles. The number of carbonyl (C=O) groups is 1. The zero-order valence-corrected chi connectivity index (χ0v) is 17.9. The van der Waals surface area contributed by atoms with Gasteiger partial charge in [-0.2, -0.15) is 0 Å². The molecule has 10 heteroatoms. The maximum atomic E-state index is 13.1. The number of benzene rings is 2. The lowest BCUT2D eigenvalue weighted by molar-refractivity contribution is 0.0697. The van der Waals surface area contributed by atoms with E-state index in [4.69, 9.17) is 9.47 Å². The highest BCUT2D eigenvalue weighted by atomic mass is 32.2. The summed E-state index contributed by atoms with van der Waals surface area (Å²) in [5, 5.41) is 9.36. The van der Waals surface area contributed by atoms with Crippen molar-refractivity contribution >= 4 is 27.4 Å². The van der Waals surface area contributed by atoms with Crippen LogP contribution >= 0.6 is 0 Å². The first-order valence-corrected chi connectivity index (χ1v) is 10.8. The van der Waals surface area contributed by atoms with E-state index >= 15 is 0 Å². The number of carboxylic acid groups (broad SMARTS) is 1. The van der Waals surface area contributed by atoms with Crippen molar-refractivity contribution in [3.8, 4) is 11.5 Å². The maximum Gasteiger partial charge on any atom is 0.335 e. The minimum atomic E-state index is -4.00. The normalized spacial score (nSPS) is 15.0. The number of nitrogens with zero attached hydrogens (tertiary/aromatic N) is 2.